The Hall–Kier alpha value is -3.13. The quantitative estimate of drug-likeness (QED) is 0.564. The molecule has 0 saturated carbocycles. The Kier molecular flexibility index (Phi) is 7.02. The average Bonchev–Trinajstić information content (AvgIpc) is 3.18. The predicted octanol–water partition coefficient (Wildman–Crippen LogP) is 3.77. The van der Waals surface area contributed by atoms with Crippen LogP contribution in [0.4, 0.5) is 5.69 Å². The molecule has 3 aromatic rings. The van der Waals surface area contributed by atoms with Crippen LogP contribution in [0.5, 0.6) is 0 Å². The van der Waals surface area contributed by atoms with Crippen molar-refractivity contribution in [2.75, 3.05) is 16.8 Å². The van der Waals surface area contributed by atoms with Crippen molar-refractivity contribution in [3.05, 3.63) is 65.5 Å². The molecule has 0 bridgehead atoms. The molecule has 0 saturated heterocycles. The van der Waals surface area contributed by atoms with Gasteiger partial charge in [-0.1, -0.05) is 35.9 Å². The van der Waals surface area contributed by atoms with Crippen LogP contribution >= 0.6 is 11.8 Å². The van der Waals surface area contributed by atoms with E-state index in [1.54, 1.807) is 0 Å². The second-order valence-electron chi connectivity index (χ2n) is 6.39. The zero-order valence-electron chi connectivity index (χ0n) is 16.2. The molecule has 0 aliphatic rings. The van der Waals surface area contributed by atoms with E-state index in [0.29, 0.717) is 5.89 Å². The highest BCUT2D eigenvalue weighted by Gasteiger charge is 2.12. The molecule has 0 aliphatic heterocycles. The van der Waals surface area contributed by atoms with Crippen molar-refractivity contribution in [2.45, 2.75) is 20.5 Å². The van der Waals surface area contributed by atoms with Crippen LogP contribution < -0.4 is 5.32 Å². The summed E-state index contributed by atoms with van der Waals surface area (Å²) in [6, 6.07) is 15.1. The summed E-state index contributed by atoms with van der Waals surface area (Å²) in [4.78, 5) is 23.9. The van der Waals surface area contributed by atoms with Crippen molar-refractivity contribution in [1.82, 2.24) is 10.2 Å². The number of anilines is 1. The van der Waals surface area contributed by atoms with E-state index in [4.69, 9.17) is 9.15 Å². The molecule has 1 aromatic heterocycles. The normalized spacial score (nSPS) is 10.6. The van der Waals surface area contributed by atoms with Crippen molar-refractivity contribution in [1.29, 1.82) is 0 Å². The fourth-order valence-electron chi connectivity index (χ4n) is 2.56. The van der Waals surface area contributed by atoms with E-state index >= 15 is 0 Å². The van der Waals surface area contributed by atoms with Crippen LogP contribution in [0, 0.1) is 13.8 Å². The van der Waals surface area contributed by atoms with E-state index in [1.165, 1.54) is 11.8 Å². The third-order valence-corrected chi connectivity index (χ3v) is 4.86. The van der Waals surface area contributed by atoms with Gasteiger partial charge in [0.1, 0.15) is 0 Å². The van der Waals surface area contributed by atoms with Crippen molar-refractivity contribution in [3.8, 4) is 11.5 Å². The Morgan fingerprint density at radius 3 is 2.62 bits per heavy atom. The number of benzene rings is 2. The Morgan fingerprint density at radius 1 is 1.07 bits per heavy atom. The molecule has 0 fully saturated rings. The number of carbonyl (C=O) groups excluding carboxylic acids is 2. The third-order valence-electron chi connectivity index (χ3n) is 3.95. The molecule has 2 aromatic carbocycles. The monoisotopic (exact) mass is 411 g/mol. The zero-order chi connectivity index (χ0) is 20.6. The summed E-state index contributed by atoms with van der Waals surface area (Å²) >= 11 is 1.18. The number of esters is 1. The lowest BCUT2D eigenvalue weighted by molar-refractivity contribution is -0.142. The Balaban J connectivity index is 1.38. The van der Waals surface area contributed by atoms with E-state index in [2.05, 4.69) is 15.5 Å². The van der Waals surface area contributed by atoms with Gasteiger partial charge in [-0.2, -0.15) is 0 Å². The van der Waals surface area contributed by atoms with Gasteiger partial charge in [-0.3, -0.25) is 9.59 Å². The molecule has 0 radical (unpaired) electrons. The fourth-order valence-corrected chi connectivity index (χ4v) is 3.17. The minimum atomic E-state index is -0.450. The Bertz CT molecular complexity index is 989. The maximum absolute atomic E-state index is 12.0. The summed E-state index contributed by atoms with van der Waals surface area (Å²) in [6.45, 7) is 3.83. The van der Waals surface area contributed by atoms with Crippen LogP contribution in [0.15, 0.2) is 52.9 Å². The highest BCUT2D eigenvalue weighted by Crippen LogP contribution is 2.18. The molecule has 1 heterocycles. The van der Waals surface area contributed by atoms with Gasteiger partial charge in [0.2, 0.25) is 11.8 Å². The minimum Gasteiger partial charge on any atom is -0.455 e. The van der Waals surface area contributed by atoms with Crippen LogP contribution in [0.1, 0.15) is 17.0 Å². The van der Waals surface area contributed by atoms with Crippen LogP contribution in [0.2, 0.25) is 0 Å². The zero-order valence-corrected chi connectivity index (χ0v) is 17.0. The van der Waals surface area contributed by atoms with Crippen molar-refractivity contribution in [2.24, 2.45) is 0 Å². The Labute approximate surface area is 172 Å². The molecule has 1 N–H and O–H groups in total. The molecule has 1 amide bonds. The lowest BCUT2D eigenvalue weighted by atomic mass is 10.1. The lowest BCUT2D eigenvalue weighted by Gasteiger charge is -2.09. The molecule has 7 nitrogen and oxygen atoms in total. The van der Waals surface area contributed by atoms with Crippen LogP contribution in [0.3, 0.4) is 0 Å². The molecule has 0 unspecified atom stereocenters. The van der Waals surface area contributed by atoms with E-state index in [-0.39, 0.29) is 29.9 Å². The fraction of sp³-hybridized carbons (Fsp3) is 0.238. The minimum absolute atomic E-state index is 0.0555. The second kappa shape index (κ2) is 9.88. The summed E-state index contributed by atoms with van der Waals surface area (Å²) in [5.74, 6) is 0.179. The summed E-state index contributed by atoms with van der Waals surface area (Å²) < 4.78 is 10.6. The van der Waals surface area contributed by atoms with Crippen molar-refractivity contribution >= 4 is 29.3 Å². The molecule has 150 valence electrons. The number of rotatable bonds is 8. The second-order valence-corrected chi connectivity index (χ2v) is 7.37. The molecular formula is C21H21N3O4S. The topological polar surface area (TPSA) is 94.3 Å². The van der Waals surface area contributed by atoms with Gasteiger partial charge >= 0.3 is 5.97 Å². The molecule has 8 heteroatoms. The number of nitrogens with zero attached hydrogens (tertiary/aromatic N) is 2. The van der Waals surface area contributed by atoms with Gasteiger partial charge < -0.3 is 14.5 Å². The molecule has 0 aliphatic carbocycles. The number of ether oxygens (including phenoxy) is 1. The van der Waals surface area contributed by atoms with Gasteiger partial charge in [0.05, 0.1) is 11.5 Å². The maximum Gasteiger partial charge on any atom is 0.316 e. The van der Waals surface area contributed by atoms with E-state index in [1.807, 2.05) is 62.4 Å². The molecule has 0 atom stereocenters. The number of hydrogen-bond acceptors (Lipinski definition) is 7. The Morgan fingerprint density at radius 2 is 1.86 bits per heavy atom. The molecule has 0 spiro atoms. The van der Waals surface area contributed by atoms with Gasteiger partial charge in [-0.25, -0.2) is 0 Å². The first-order valence-electron chi connectivity index (χ1n) is 8.99. The first kappa shape index (κ1) is 20.6. The third kappa shape index (κ3) is 6.18. The number of nitrogens with one attached hydrogen (secondary N) is 1. The van der Waals surface area contributed by atoms with Gasteiger partial charge in [-0.15, -0.1) is 22.0 Å². The lowest BCUT2D eigenvalue weighted by Crippen LogP contribution is -2.17. The van der Waals surface area contributed by atoms with Crippen LogP contribution in [-0.2, 0) is 20.9 Å². The first-order chi connectivity index (χ1) is 14.0. The van der Waals surface area contributed by atoms with Gasteiger partial charge in [0.25, 0.3) is 5.89 Å². The van der Waals surface area contributed by atoms with Crippen molar-refractivity contribution < 1.29 is 18.7 Å². The average molecular weight is 411 g/mol. The van der Waals surface area contributed by atoms with E-state index in [0.717, 1.165) is 22.4 Å². The van der Waals surface area contributed by atoms with E-state index in [9.17, 15) is 9.59 Å². The molecular weight excluding hydrogens is 390 g/mol. The standard InChI is InChI=1S/C21H21N3O4S/c1-14-8-9-17(15(2)10-14)22-18(25)12-29-13-20(26)27-11-19-23-24-21(28-19)16-6-4-3-5-7-16/h3-10H,11-13H2,1-2H3,(H,22,25). The summed E-state index contributed by atoms with van der Waals surface area (Å²) in [7, 11) is 0. The maximum atomic E-state index is 12.0. The largest absolute Gasteiger partial charge is 0.455 e. The van der Waals surface area contributed by atoms with Gasteiger partial charge in [0.15, 0.2) is 6.61 Å². The molecule has 29 heavy (non-hydrogen) atoms. The number of thioether (sulfide) groups is 1. The van der Waals surface area contributed by atoms with Gasteiger partial charge in [-0.05, 0) is 37.6 Å². The summed E-state index contributed by atoms with van der Waals surface area (Å²) in [6.07, 6.45) is 0. The van der Waals surface area contributed by atoms with E-state index < -0.39 is 5.97 Å². The summed E-state index contributed by atoms with van der Waals surface area (Å²) in [5, 5.41) is 10.6. The summed E-state index contributed by atoms with van der Waals surface area (Å²) in [5.41, 5.74) is 3.70. The number of aryl methyl sites for hydroxylation is 2. The predicted molar refractivity (Wildman–Crippen MR) is 111 cm³/mol. The number of amides is 1. The van der Waals surface area contributed by atoms with Crippen LogP contribution in [-0.4, -0.2) is 33.6 Å². The molecule has 3 rings (SSSR count). The number of carbonyl (C=O) groups is 2. The van der Waals surface area contributed by atoms with Crippen LogP contribution in [0.25, 0.3) is 11.5 Å². The smallest absolute Gasteiger partial charge is 0.316 e. The highest BCUT2D eigenvalue weighted by atomic mass is 32.2. The van der Waals surface area contributed by atoms with Crippen molar-refractivity contribution in [3.63, 3.8) is 0 Å². The van der Waals surface area contributed by atoms with Gasteiger partial charge in [0, 0.05) is 11.3 Å². The SMILES string of the molecule is Cc1ccc(NC(=O)CSCC(=O)OCc2nnc(-c3ccccc3)o2)c(C)c1. The first-order valence-corrected chi connectivity index (χ1v) is 10.1. The number of hydrogen-bond donors (Lipinski definition) is 1. The highest BCUT2D eigenvalue weighted by molar-refractivity contribution is 8.00. The number of aromatic nitrogens is 2.